The molecule has 0 aliphatic rings. The Morgan fingerprint density at radius 2 is 1.75 bits per heavy atom. The summed E-state index contributed by atoms with van der Waals surface area (Å²) in [5, 5.41) is 0.00464. The summed E-state index contributed by atoms with van der Waals surface area (Å²) in [5.74, 6) is 0. The van der Waals surface area contributed by atoms with Crippen molar-refractivity contribution in [2.45, 2.75) is 44.7 Å². The van der Waals surface area contributed by atoms with E-state index in [2.05, 4.69) is 4.72 Å². The molecule has 114 valence electrons. The van der Waals surface area contributed by atoms with E-state index in [0.29, 0.717) is 5.56 Å². The van der Waals surface area contributed by atoms with Crippen molar-refractivity contribution in [3.8, 4) is 0 Å². The highest BCUT2D eigenvalue weighted by atomic mass is 35.5. The SMILES string of the molecule is C[C@@H](N[S+]([O-])C(C)(C)C)c1cc(Cl)cc(C(F)(F)F)c1. The Morgan fingerprint density at radius 3 is 2.20 bits per heavy atom. The predicted octanol–water partition coefficient (Wildman–Crippen LogP) is 4.47. The van der Waals surface area contributed by atoms with Crippen molar-refractivity contribution in [2.75, 3.05) is 0 Å². The van der Waals surface area contributed by atoms with Crippen LogP contribution in [-0.2, 0) is 17.5 Å². The normalized spacial score (nSPS) is 16.1. The van der Waals surface area contributed by atoms with Gasteiger partial charge in [0.15, 0.2) is 0 Å². The van der Waals surface area contributed by atoms with Gasteiger partial charge < -0.3 is 4.55 Å². The van der Waals surface area contributed by atoms with Gasteiger partial charge in [0.2, 0.25) is 0 Å². The van der Waals surface area contributed by atoms with Crippen molar-refractivity contribution in [2.24, 2.45) is 0 Å². The third-order valence-corrected chi connectivity index (χ3v) is 4.49. The maximum atomic E-state index is 12.7. The molecule has 0 saturated heterocycles. The molecular weight excluding hydrogens is 311 g/mol. The van der Waals surface area contributed by atoms with E-state index in [9.17, 15) is 17.7 Å². The molecule has 1 N–H and O–H groups in total. The van der Waals surface area contributed by atoms with Crippen molar-refractivity contribution >= 4 is 23.0 Å². The fourth-order valence-corrected chi connectivity index (χ4v) is 2.49. The van der Waals surface area contributed by atoms with E-state index in [1.165, 1.54) is 6.07 Å². The van der Waals surface area contributed by atoms with Gasteiger partial charge in [-0.05, 0) is 51.5 Å². The summed E-state index contributed by atoms with van der Waals surface area (Å²) >= 11 is 4.35. The average molecular weight is 328 g/mol. The number of benzene rings is 1. The van der Waals surface area contributed by atoms with Crippen LogP contribution in [0.2, 0.25) is 5.02 Å². The zero-order valence-electron chi connectivity index (χ0n) is 11.6. The monoisotopic (exact) mass is 327 g/mol. The largest absolute Gasteiger partial charge is 0.598 e. The number of rotatable bonds is 3. The summed E-state index contributed by atoms with van der Waals surface area (Å²) in [7, 11) is 0. The van der Waals surface area contributed by atoms with E-state index < -0.39 is 33.9 Å². The van der Waals surface area contributed by atoms with Gasteiger partial charge in [0.1, 0.15) is 4.75 Å². The highest BCUT2D eigenvalue weighted by Gasteiger charge is 2.33. The van der Waals surface area contributed by atoms with Crippen LogP contribution in [0.5, 0.6) is 0 Å². The molecular formula is C13H17ClF3NOS. The second-order valence-electron chi connectivity index (χ2n) is 5.49. The summed E-state index contributed by atoms with van der Waals surface area (Å²) in [6, 6.07) is 2.82. The van der Waals surface area contributed by atoms with Gasteiger partial charge in [-0.2, -0.15) is 13.2 Å². The number of hydrogen-bond acceptors (Lipinski definition) is 2. The molecule has 0 fully saturated rings. The van der Waals surface area contributed by atoms with Gasteiger partial charge in [0.05, 0.1) is 11.6 Å². The minimum absolute atomic E-state index is 0.00464. The van der Waals surface area contributed by atoms with Crippen LogP contribution in [0.25, 0.3) is 0 Å². The van der Waals surface area contributed by atoms with E-state index in [-0.39, 0.29) is 5.02 Å². The Labute approximate surface area is 125 Å². The van der Waals surface area contributed by atoms with Crippen molar-refractivity contribution in [3.05, 3.63) is 34.3 Å². The summed E-state index contributed by atoms with van der Waals surface area (Å²) in [6.07, 6.45) is -4.46. The topological polar surface area (TPSA) is 35.1 Å². The van der Waals surface area contributed by atoms with Crippen molar-refractivity contribution in [1.29, 1.82) is 0 Å². The molecule has 1 unspecified atom stereocenters. The van der Waals surface area contributed by atoms with Crippen LogP contribution in [0.4, 0.5) is 13.2 Å². The molecule has 0 amide bonds. The lowest BCUT2D eigenvalue weighted by Crippen LogP contribution is -2.40. The van der Waals surface area contributed by atoms with Crippen molar-refractivity contribution < 1.29 is 17.7 Å². The minimum atomic E-state index is -4.46. The fourth-order valence-electron chi connectivity index (χ4n) is 1.43. The molecule has 7 heteroatoms. The lowest BCUT2D eigenvalue weighted by Gasteiger charge is -2.26. The molecule has 0 heterocycles. The van der Waals surface area contributed by atoms with Crippen LogP contribution in [0.15, 0.2) is 18.2 Å². The maximum absolute atomic E-state index is 12.7. The first-order chi connectivity index (χ1) is 8.91. The summed E-state index contributed by atoms with van der Waals surface area (Å²) in [5.41, 5.74) is -0.461. The Bertz CT molecular complexity index is 474. The van der Waals surface area contributed by atoms with Crippen LogP contribution < -0.4 is 4.72 Å². The molecule has 0 bridgehead atoms. The van der Waals surface area contributed by atoms with Gasteiger partial charge in [0.25, 0.3) is 0 Å². The van der Waals surface area contributed by atoms with E-state index in [1.807, 2.05) is 0 Å². The number of hydrogen-bond donors (Lipinski definition) is 1. The molecule has 0 saturated carbocycles. The van der Waals surface area contributed by atoms with Crippen LogP contribution in [0.3, 0.4) is 0 Å². The Kier molecular flexibility index (Phi) is 5.40. The first-order valence-electron chi connectivity index (χ1n) is 5.97. The molecule has 1 aromatic carbocycles. The molecule has 20 heavy (non-hydrogen) atoms. The Balaban J connectivity index is 2.99. The van der Waals surface area contributed by atoms with Crippen molar-refractivity contribution in [1.82, 2.24) is 4.72 Å². The molecule has 2 atom stereocenters. The van der Waals surface area contributed by atoms with Gasteiger partial charge in [0, 0.05) is 16.4 Å². The second kappa shape index (κ2) is 6.13. The first kappa shape index (κ1) is 17.6. The lowest BCUT2D eigenvalue weighted by atomic mass is 10.1. The lowest BCUT2D eigenvalue weighted by molar-refractivity contribution is -0.137. The smallest absolute Gasteiger partial charge is 0.416 e. The highest BCUT2D eigenvalue weighted by Crippen LogP contribution is 2.33. The van der Waals surface area contributed by atoms with Gasteiger partial charge in [-0.3, -0.25) is 0 Å². The molecule has 1 aromatic rings. The summed E-state index contributed by atoms with van der Waals surface area (Å²) < 4.78 is 52.4. The van der Waals surface area contributed by atoms with E-state index >= 15 is 0 Å². The minimum Gasteiger partial charge on any atom is -0.598 e. The van der Waals surface area contributed by atoms with E-state index in [0.717, 1.165) is 12.1 Å². The quantitative estimate of drug-likeness (QED) is 0.831. The Morgan fingerprint density at radius 1 is 1.20 bits per heavy atom. The fraction of sp³-hybridized carbons (Fsp3) is 0.538. The number of alkyl halides is 3. The summed E-state index contributed by atoms with van der Waals surface area (Å²) in [4.78, 5) is 0. The predicted molar refractivity (Wildman–Crippen MR) is 75.9 cm³/mol. The summed E-state index contributed by atoms with van der Waals surface area (Å²) in [6.45, 7) is 6.99. The number of nitrogens with one attached hydrogen (secondary N) is 1. The molecule has 0 aromatic heterocycles. The highest BCUT2D eigenvalue weighted by molar-refractivity contribution is 7.90. The molecule has 0 aliphatic carbocycles. The second-order valence-corrected chi connectivity index (χ2v) is 7.93. The standard InChI is InChI=1S/C13H17ClF3NOS/c1-8(18-20(19)12(2,3)4)9-5-10(13(15,16)17)7-11(14)6-9/h5-8,18H,1-4H3/t8-,20?/m1/s1. The molecule has 2 nitrogen and oxygen atoms in total. The zero-order valence-corrected chi connectivity index (χ0v) is 13.2. The first-order valence-corrected chi connectivity index (χ1v) is 7.50. The van der Waals surface area contributed by atoms with Crippen LogP contribution in [0.1, 0.15) is 44.9 Å². The van der Waals surface area contributed by atoms with Gasteiger partial charge in [-0.25, -0.2) is 0 Å². The zero-order chi connectivity index (χ0) is 15.7. The third-order valence-electron chi connectivity index (χ3n) is 2.59. The van der Waals surface area contributed by atoms with Crippen molar-refractivity contribution in [3.63, 3.8) is 0 Å². The van der Waals surface area contributed by atoms with Crippen LogP contribution in [-0.4, -0.2) is 9.30 Å². The van der Waals surface area contributed by atoms with Gasteiger partial charge in [-0.1, -0.05) is 11.6 Å². The molecule has 0 radical (unpaired) electrons. The van der Waals surface area contributed by atoms with E-state index in [4.69, 9.17) is 11.6 Å². The third kappa shape index (κ3) is 4.84. The number of halogens is 4. The van der Waals surface area contributed by atoms with Crippen LogP contribution in [0, 0.1) is 0 Å². The van der Waals surface area contributed by atoms with Gasteiger partial charge in [-0.15, -0.1) is 4.72 Å². The van der Waals surface area contributed by atoms with Crippen LogP contribution >= 0.6 is 11.6 Å². The maximum Gasteiger partial charge on any atom is 0.416 e. The molecule has 1 rings (SSSR count). The van der Waals surface area contributed by atoms with E-state index in [1.54, 1.807) is 27.7 Å². The van der Waals surface area contributed by atoms with Gasteiger partial charge >= 0.3 is 6.18 Å². The Hall–Kier alpha value is -0.430. The average Bonchev–Trinajstić information content (AvgIpc) is 2.25. The molecule has 0 spiro atoms. The molecule has 0 aliphatic heterocycles.